The highest BCUT2D eigenvalue weighted by molar-refractivity contribution is 5.97. The van der Waals surface area contributed by atoms with Crippen molar-refractivity contribution in [3.8, 4) is 0 Å². The zero-order chi connectivity index (χ0) is 14.8. The Labute approximate surface area is 115 Å². The molecule has 0 bridgehead atoms. The standard InChI is InChI=1S/C13H16N2O5/c1-15-5-2-9(8-10(15)16)11(17)14-13(12(18)19)3-6-20-7-4-13/h2,5,8H,3-4,6-7H2,1H3,(H,14,17)(H,18,19). The molecule has 0 aromatic carbocycles. The fraction of sp³-hybridized carbons (Fsp3) is 0.462. The van der Waals surface area contributed by atoms with E-state index in [0.717, 1.165) is 0 Å². The van der Waals surface area contributed by atoms with Gasteiger partial charge in [-0.05, 0) is 6.07 Å². The number of carbonyl (C=O) groups excluding carboxylic acids is 1. The molecule has 0 saturated carbocycles. The Hall–Kier alpha value is -2.15. The predicted octanol–water partition coefficient (Wildman–Crippen LogP) is -0.251. The summed E-state index contributed by atoms with van der Waals surface area (Å²) in [4.78, 5) is 35.0. The van der Waals surface area contributed by atoms with Gasteiger partial charge in [-0.3, -0.25) is 9.59 Å². The highest BCUT2D eigenvalue weighted by Crippen LogP contribution is 2.21. The van der Waals surface area contributed by atoms with Gasteiger partial charge in [0, 0.05) is 50.9 Å². The molecule has 1 fully saturated rings. The number of ether oxygens (including phenoxy) is 1. The molecule has 108 valence electrons. The van der Waals surface area contributed by atoms with Gasteiger partial charge in [-0.25, -0.2) is 4.79 Å². The first-order chi connectivity index (χ1) is 9.44. The number of aliphatic carboxylic acids is 1. The molecule has 7 heteroatoms. The van der Waals surface area contributed by atoms with E-state index in [4.69, 9.17) is 4.74 Å². The van der Waals surface area contributed by atoms with Crippen LogP contribution in [0.1, 0.15) is 23.2 Å². The van der Waals surface area contributed by atoms with Gasteiger partial charge < -0.3 is 19.7 Å². The van der Waals surface area contributed by atoms with E-state index >= 15 is 0 Å². The smallest absolute Gasteiger partial charge is 0.329 e. The Morgan fingerprint density at radius 3 is 2.60 bits per heavy atom. The van der Waals surface area contributed by atoms with Crippen molar-refractivity contribution in [1.82, 2.24) is 9.88 Å². The Morgan fingerprint density at radius 1 is 1.40 bits per heavy atom. The first-order valence-electron chi connectivity index (χ1n) is 6.25. The number of carbonyl (C=O) groups is 2. The lowest BCUT2D eigenvalue weighted by Gasteiger charge is -2.33. The van der Waals surface area contributed by atoms with Crippen LogP contribution in [0.4, 0.5) is 0 Å². The summed E-state index contributed by atoms with van der Waals surface area (Å²) < 4.78 is 6.46. The van der Waals surface area contributed by atoms with Crippen LogP contribution in [0.15, 0.2) is 23.1 Å². The third-order valence-electron chi connectivity index (χ3n) is 3.48. The zero-order valence-electron chi connectivity index (χ0n) is 11.1. The molecule has 0 radical (unpaired) electrons. The van der Waals surface area contributed by atoms with Gasteiger partial charge in [0.25, 0.3) is 11.5 Å². The number of hydrogen-bond acceptors (Lipinski definition) is 4. The predicted molar refractivity (Wildman–Crippen MR) is 69.6 cm³/mol. The van der Waals surface area contributed by atoms with Crippen molar-refractivity contribution in [2.45, 2.75) is 18.4 Å². The minimum Gasteiger partial charge on any atom is -0.480 e. The highest BCUT2D eigenvalue weighted by Gasteiger charge is 2.41. The molecule has 20 heavy (non-hydrogen) atoms. The molecule has 2 rings (SSSR count). The van der Waals surface area contributed by atoms with E-state index in [-0.39, 0.29) is 37.2 Å². The van der Waals surface area contributed by atoms with Gasteiger partial charge in [0.05, 0.1) is 0 Å². The lowest BCUT2D eigenvalue weighted by Crippen LogP contribution is -2.57. The Balaban J connectivity index is 2.22. The number of pyridine rings is 1. The van der Waals surface area contributed by atoms with Crippen molar-refractivity contribution >= 4 is 11.9 Å². The Kier molecular flexibility index (Phi) is 3.89. The molecule has 1 aromatic rings. The van der Waals surface area contributed by atoms with Gasteiger partial charge in [-0.15, -0.1) is 0 Å². The molecule has 0 atom stereocenters. The second kappa shape index (κ2) is 5.46. The second-order valence-corrected chi connectivity index (χ2v) is 4.82. The van der Waals surface area contributed by atoms with Crippen LogP contribution in [0.5, 0.6) is 0 Å². The maximum Gasteiger partial charge on any atom is 0.329 e. The van der Waals surface area contributed by atoms with Crippen molar-refractivity contribution in [3.63, 3.8) is 0 Å². The van der Waals surface area contributed by atoms with E-state index in [2.05, 4.69) is 5.32 Å². The van der Waals surface area contributed by atoms with Gasteiger partial charge in [-0.2, -0.15) is 0 Å². The third-order valence-corrected chi connectivity index (χ3v) is 3.48. The number of carboxylic acids is 1. The van der Waals surface area contributed by atoms with E-state index in [1.165, 1.54) is 22.9 Å². The number of aryl methyl sites for hydroxylation is 1. The lowest BCUT2D eigenvalue weighted by atomic mass is 9.90. The molecular formula is C13H16N2O5. The maximum absolute atomic E-state index is 12.1. The zero-order valence-corrected chi connectivity index (χ0v) is 11.1. The van der Waals surface area contributed by atoms with Crippen LogP contribution in [0.2, 0.25) is 0 Å². The molecule has 1 aliphatic rings. The molecule has 0 unspecified atom stereocenters. The van der Waals surface area contributed by atoms with E-state index < -0.39 is 17.4 Å². The van der Waals surface area contributed by atoms with Gasteiger partial charge in [0.1, 0.15) is 5.54 Å². The van der Waals surface area contributed by atoms with Gasteiger partial charge in [0.2, 0.25) is 0 Å². The molecule has 1 aliphatic heterocycles. The average Bonchev–Trinajstić information content (AvgIpc) is 2.42. The van der Waals surface area contributed by atoms with E-state index in [1.807, 2.05) is 0 Å². The number of amides is 1. The number of hydrogen-bond donors (Lipinski definition) is 2. The summed E-state index contributed by atoms with van der Waals surface area (Å²) in [6, 6.07) is 2.66. The first-order valence-corrected chi connectivity index (χ1v) is 6.25. The van der Waals surface area contributed by atoms with Crippen LogP contribution < -0.4 is 10.9 Å². The van der Waals surface area contributed by atoms with Crippen molar-refractivity contribution in [2.75, 3.05) is 13.2 Å². The monoisotopic (exact) mass is 280 g/mol. The van der Waals surface area contributed by atoms with Crippen LogP contribution in [-0.4, -0.2) is 40.3 Å². The fourth-order valence-electron chi connectivity index (χ4n) is 2.09. The second-order valence-electron chi connectivity index (χ2n) is 4.82. The summed E-state index contributed by atoms with van der Waals surface area (Å²) in [6.07, 6.45) is 1.88. The molecule has 7 nitrogen and oxygen atoms in total. The van der Waals surface area contributed by atoms with Crippen LogP contribution in [0.25, 0.3) is 0 Å². The summed E-state index contributed by atoms with van der Waals surface area (Å²) in [6.45, 7) is 0.562. The normalized spacial score (nSPS) is 17.4. The van der Waals surface area contributed by atoms with E-state index in [1.54, 1.807) is 7.05 Å². The number of aromatic nitrogens is 1. The summed E-state index contributed by atoms with van der Waals surface area (Å²) in [5, 5.41) is 11.9. The van der Waals surface area contributed by atoms with Gasteiger partial charge in [-0.1, -0.05) is 0 Å². The molecule has 0 spiro atoms. The molecule has 2 heterocycles. The number of carboxylic acid groups (broad SMARTS) is 1. The highest BCUT2D eigenvalue weighted by atomic mass is 16.5. The molecule has 1 aromatic heterocycles. The minimum atomic E-state index is -1.32. The third kappa shape index (κ3) is 2.72. The van der Waals surface area contributed by atoms with Gasteiger partial charge >= 0.3 is 5.97 Å². The summed E-state index contributed by atoms with van der Waals surface area (Å²) >= 11 is 0. The Morgan fingerprint density at radius 2 is 2.05 bits per heavy atom. The molecule has 2 N–H and O–H groups in total. The average molecular weight is 280 g/mol. The van der Waals surface area contributed by atoms with E-state index in [0.29, 0.717) is 0 Å². The summed E-state index contributed by atoms with van der Waals surface area (Å²) in [7, 11) is 1.57. The van der Waals surface area contributed by atoms with E-state index in [9.17, 15) is 19.5 Å². The summed E-state index contributed by atoms with van der Waals surface area (Å²) in [5.41, 5.74) is -1.50. The SMILES string of the molecule is Cn1ccc(C(=O)NC2(C(=O)O)CCOCC2)cc1=O. The minimum absolute atomic E-state index is 0.153. The number of nitrogens with zero attached hydrogens (tertiary/aromatic N) is 1. The number of nitrogens with one attached hydrogen (secondary N) is 1. The van der Waals surface area contributed by atoms with Crippen LogP contribution >= 0.6 is 0 Å². The largest absolute Gasteiger partial charge is 0.480 e. The van der Waals surface area contributed by atoms with Crippen LogP contribution in [0, 0.1) is 0 Å². The number of rotatable bonds is 3. The van der Waals surface area contributed by atoms with Crippen molar-refractivity contribution < 1.29 is 19.4 Å². The van der Waals surface area contributed by atoms with Gasteiger partial charge in [0.15, 0.2) is 0 Å². The maximum atomic E-state index is 12.1. The first kappa shape index (κ1) is 14.3. The summed E-state index contributed by atoms with van der Waals surface area (Å²) in [5.74, 6) is -1.65. The lowest BCUT2D eigenvalue weighted by molar-refractivity contribution is -0.148. The van der Waals surface area contributed by atoms with Crippen molar-refractivity contribution in [1.29, 1.82) is 0 Å². The van der Waals surface area contributed by atoms with Crippen molar-refractivity contribution in [2.24, 2.45) is 7.05 Å². The molecule has 0 aliphatic carbocycles. The quantitative estimate of drug-likeness (QED) is 0.795. The Bertz CT molecular complexity index is 587. The topological polar surface area (TPSA) is 97.6 Å². The molecule has 1 amide bonds. The molecule has 1 saturated heterocycles. The van der Waals surface area contributed by atoms with Crippen molar-refractivity contribution in [3.05, 3.63) is 34.2 Å². The van der Waals surface area contributed by atoms with Crippen LogP contribution in [-0.2, 0) is 16.6 Å². The van der Waals surface area contributed by atoms with Crippen LogP contribution in [0.3, 0.4) is 0 Å². The molecular weight excluding hydrogens is 264 g/mol. The fourth-order valence-corrected chi connectivity index (χ4v) is 2.09.